The van der Waals surface area contributed by atoms with Gasteiger partial charge in [-0.25, -0.2) is 8.42 Å². The molecule has 0 radical (unpaired) electrons. The van der Waals surface area contributed by atoms with Gasteiger partial charge in [0.25, 0.3) is 0 Å². The smallest absolute Gasteiger partial charge is 0.244 e. The second kappa shape index (κ2) is 6.87. The van der Waals surface area contributed by atoms with Crippen molar-refractivity contribution in [2.24, 2.45) is 11.7 Å². The van der Waals surface area contributed by atoms with Gasteiger partial charge in [-0.05, 0) is 49.3 Å². The number of halogens is 1. The van der Waals surface area contributed by atoms with Gasteiger partial charge in [0.05, 0.1) is 5.02 Å². The minimum atomic E-state index is -3.54. The van der Waals surface area contributed by atoms with Crippen LogP contribution in [0.25, 0.3) is 0 Å². The maximum atomic E-state index is 12.9. The van der Waals surface area contributed by atoms with Crippen LogP contribution in [0.15, 0.2) is 23.1 Å². The zero-order valence-electron chi connectivity index (χ0n) is 13.4. The molecule has 22 heavy (non-hydrogen) atoms. The van der Waals surface area contributed by atoms with Gasteiger partial charge in [-0.2, -0.15) is 4.31 Å². The van der Waals surface area contributed by atoms with Crippen LogP contribution < -0.4 is 5.73 Å². The van der Waals surface area contributed by atoms with Gasteiger partial charge >= 0.3 is 0 Å². The predicted molar refractivity (Wildman–Crippen MR) is 90.7 cm³/mol. The maximum Gasteiger partial charge on any atom is 0.244 e. The minimum Gasteiger partial charge on any atom is -0.328 e. The molecule has 6 heteroatoms. The van der Waals surface area contributed by atoms with E-state index in [1.54, 1.807) is 12.1 Å². The number of sulfonamides is 1. The Balaban J connectivity index is 2.26. The lowest BCUT2D eigenvalue weighted by Gasteiger charge is -2.33. The molecule has 2 N–H and O–H groups in total. The van der Waals surface area contributed by atoms with E-state index in [1.165, 1.54) is 4.31 Å². The number of benzene rings is 1. The Hall–Kier alpha value is -0.620. The lowest BCUT2D eigenvalue weighted by Crippen LogP contribution is -2.42. The normalized spacial score (nSPS) is 19.5. The molecule has 2 rings (SSSR count). The van der Waals surface area contributed by atoms with E-state index in [-0.39, 0.29) is 16.9 Å². The lowest BCUT2D eigenvalue weighted by molar-refractivity contribution is 0.250. The number of piperidine rings is 1. The summed E-state index contributed by atoms with van der Waals surface area (Å²) in [4.78, 5) is 0.222. The zero-order valence-corrected chi connectivity index (χ0v) is 15.0. The van der Waals surface area contributed by atoms with Crippen LogP contribution in [0.3, 0.4) is 0 Å². The van der Waals surface area contributed by atoms with Crippen molar-refractivity contribution in [3.63, 3.8) is 0 Å². The van der Waals surface area contributed by atoms with Gasteiger partial charge in [-0.15, -0.1) is 0 Å². The summed E-state index contributed by atoms with van der Waals surface area (Å²) in [5, 5.41) is 0.290. The molecule has 0 aliphatic carbocycles. The van der Waals surface area contributed by atoms with Crippen LogP contribution in [-0.2, 0) is 10.0 Å². The van der Waals surface area contributed by atoms with Crippen molar-refractivity contribution in [1.82, 2.24) is 4.31 Å². The number of hydrogen-bond acceptors (Lipinski definition) is 3. The van der Waals surface area contributed by atoms with Crippen molar-refractivity contribution in [3.05, 3.63) is 28.8 Å². The Labute approximate surface area is 138 Å². The molecular formula is C16H25ClN2O2S. The Kier molecular flexibility index (Phi) is 5.54. The summed E-state index contributed by atoms with van der Waals surface area (Å²) < 4.78 is 27.3. The third-order valence-electron chi connectivity index (χ3n) is 4.48. The summed E-state index contributed by atoms with van der Waals surface area (Å²) >= 11 is 6.16. The monoisotopic (exact) mass is 344 g/mol. The number of nitrogens with two attached hydrogens (primary N) is 1. The summed E-state index contributed by atoms with van der Waals surface area (Å²) in [6, 6.07) is 5.38. The Morgan fingerprint density at radius 2 is 1.82 bits per heavy atom. The van der Waals surface area contributed by atoms with Gasteiger partial charge in [-0.3, -0.25) is 0 Å². The van der Waals surface area contributed by atoms with E-state index in [0.717, 1.165) is 18.4 Å². The zero-order chi connectivity index (χ0) is 16.5. The van der Waals surface area contributed by atoms with Gasteiger partial charge in [0, 0.05) is 19.1 Å². The van der Waals surface area contributed by atoms with Crippen molar-refractivity contribution in [2.75, 3.05) is 13.1 Å². The van der Waals surface area contributed by atoms with Crippen molar-refractivity contribution >= 4 is 21.6 Å². The molecule has 0 saturated carbocycles. The first-order valence-corrected chi connectivity index (χ1v) is 9.60. The Morgan fingerprint density at radius 3 is 2.32 bits per heavy atom. The number of hydrogen-bond donors (Lipinski definition) is 1. The highest BCUT2D eigenvalue weighted by Gasteiger charge is 2.32. The van der Waals surface area contributed by atoms with Gasteiger partial charge in [0.15, 0.2) is 0 Å². The van der Waals surface area contributed by atoms with Gasteiger partial charge in [0.1, 0.15) is 4.90 Å². The molecule has 1 atom stereocenters. The highest BCUT2D eigenvalue weighted by Crippen LogP contribution is 2.31. The van der Waals surface area contributed by atoms with Gasteiger partial charge < -0.3 is 5.73 Å². The van der Waals surface area contributed by atoms with E-state index in [4.69, 9.17) is 17.3 Å². The molecule has 1 unspecified atom stereocenters. The van der Waals surface area contributed by atoms with Crippen LogP contribution in [0.1, 0.15) is 45.1 Å². The van der Waals surface area contributed by atoms with Crippen molar-refractivity contribution < 1.29 is 8.42 Å². The first-order valence-electron chi connectivity index (χ1n) is 7.78. The summed E-state index contributed by atoms with van der Waals surface area (Å²) in [5.74, 6) is 0.652. The fourth-order valence-corrected chi connectivity index (χ4v) is 4.84. The first kappa shape index (κ1) is 17.7. The first-order chi connectivity index (χ1) is 10.2. The second-order valence-electron chi connectivity index (χ2n) is 6.45. The summed E-state index contributed by atoms with van der Waals surface area (Å²) in [5.41, 5.74) is 6.90. The summed E-state index contributed by atoms with van der Waals surface area (Å²) in [6.07, 6.45) is 1.61. The van der Waals surface area contributed by atoms with E-state index in [0.29, 0.717) is 24.0 Å². The third kappa shape index (κ3) is 3.65. The third-order valence-corrected chi connectivity index (χ3v) is 6.86. The molecule has 124 valence electrons. The average Bonchev–Trinajstić information content (AvgIpc) is 2.47. The molecule has 1 aliphatic rings. The van der Waals surface area contributed by atoms with Crippen LogP contribution >= 0.6 is 11.6 Å². The molecular weight excluding hydrogens is 320 g/mol. The van der Waals surface area contributed by atoms with E-state index in [1.807, 2.05) is 26.8 Å². The van der Waals surface area contributed by atoms with E-state index >= 15 is 0 Å². The molecule has 0 bridgehead atoms. The summed E-state index contributed by atoms with van der Waals surface area (Å²) in [7, 11) is -3.54. The molecule has 4 nitrogen and oxygen atoms in total. The topological polar surface area (TPSA) is 63.4 Å². The van der Waals surface area contributed by atoms with Crippen LogP contribution in [0.2, 0.25) is 5.02 Å². The molecule has 0 spiro atoms. The van der Waals surface area contributed by atoms with Gasteiger partial charge in [-0.1, -0.05) is 31.5 Å². The van der Waals surface area contributed by atoms with Crippen molar-refractivity contribution in [1.29, 1.82) is 0 Å². The molecule has 1 aliphatic heterocycles. The molecule has 1 aromatic rings. The molecule has 1 aromatic carbocycles. The molecule has 1 saturated heterocycles. The van der Waals surface area contributed by atoms with Gasteiger partial charge in [0.2, 0.25) is 10.0 Å². The highest BCUT2D eigenvalue weighted by molar-refractivity contribution is 7.89. The Morgan fingerprint density at radius 1 is 1.23 bits per heavy atom. The van der Waals surface area contributed by atoms with Crippen LogP contribution in [0.4, 0.5) is 0 Å². The van der Waals surface area contributed by atoms with E-state index in [9.17, 15) is 8.42 Å². The maximum absolute atomic E-state index is 12.9. The fourth-order valence-electron chi connectivity index (χ4n) is 2.86. The van der Waals surface area contributed by atoms with E-state index < -0.39 is 10.0 Å². The van der Waals surface area contributed by atoms with Crippen LogP contribution in [-0.4, -0.2) is 31.9 Å². The van der Waals surface area contributed by atoms with Crippen LogP contribution in [0.5, 0.6) is 0 Å². The predicted octanol–water partition coefficient (Wildman–Crippen LogP) is 3.21. The largest absolute Gasteiger partial charge is 0.328 e. The van der Waals surface area contributed by atoms with Crippen LogP contribution in [0, 0.1) is 5.92 Å². The minimum absolute atomic E-state index is 0.109. The lowest BCUT2D eigenvalue weighted by atomic mass is 9.92. The second-order valence-corrected chi connectivity index (χ2v) is 8.76. The number of nitrogens with zero attached hydrogens (tertiary/aromatic N) is 1. The quantitative estimate of drug-likeness (QED) is 0.912. The molecule has 0 amide bonds. The molecule has 1 fully saturated rings. The summed E-state index contributed by atoms with van der Waals surface area (Å²) in [6.45, 7) is 7.08. The molecule has 1 heterocycles. The molecule has 0 aromatic heterocycles. The SMILES string of the molecule is CC(C)c1ccc(Cl)c(S(=O)(=O)N2CCC(C(C)N)CC2)c1. The highest BCUT2D eigenvalue weighted by atomic mass is 35.5. The van der Waals surface area contributed by atoms with E-state index in [2.05, 4.69) is 0 Å². The van der Waals surface area contributed by atoms with Crippen molar-refractivity contribution in [3.8, 4) is 0 Å². The number of rotatable bonds is 4. The standard InChI is InChI=1S/C16H25ClN2O2S/c1-11(2)14-4-5-15(17)16(10-14)22(20,21)19-8-6-13(7-9-19)12(3)18/h4-5,10-13H,6-9,18H2,1-3H3. The van der Waals surface area contributed by atoms with Crippen molar-refractivity contribution in [2.45, 2.75) is 50.5 Å². The Bertz CT molecular complexity index is 621. The average molecular weight is 345 g/mol. The fraction of sp³-hybridized carbons (Fsp3) is 0.625.